The highest BCUT2D eigenvalue weighted by Crippen LogP contribution is 2.23. The van der Waals surface area contributed by atoms with Crippen molar-refractivity contribution in [1.29, 1.82) is 0 Å². The topological polar surface area (TPSA) is 62.2 Å². The largest absolute Gasteiger partial charge is 0.343 e. The first-order valence-corrected chi connectivity index (χ1v) is 13.6. The predicted molar refractivity (Wildman–Crippen MR) is 151 cm³/mol. The molecule has 1 fully saturated rings. The van der Waals surface area contributed by atoms with Crippen molar-refractivity contribution in [3.63, 3.8) is 0 Å². The Bertz CT molecular complexity index is 1140. The molecule has 0 spiro atoms. The molecule has 1 aliphatic rings. The number of nitrogens with one attached hydrogen (secondary N) is 2. The molecule has 198 valence electrons. The molecule has 1 saturated heterocycles. The van der Waals surface area contributed by atoms with E-state index in [4.69, 9.17) is 5.10 Å². The number of carbonyl (C=O) groups excluding carboxylic acids is 1. The average Bonchev–Trinajstić information content (AvgIpc) is 3.25. The Labute approximate surface area is 222 Å². The lowest BCUT2D eigenvalue weighted by Gasteiger charge is -2.36. The van der Waals surface area contributed by atoms with Crippen molar-refractivity contribution < 1.29 is 4.79 Å². The van der Waals surface area contributed by atoms with Gasteiger partial charge in [-0.3, -0.25) is 9.69 Å². The van der Waals surface area contributed by atoms with Crippen molar-refractivity contribution in [3.05, 3.63) is 83.2 Å². The molecule has 2 aromatic carbocycles. The fourth-order valence-corrected chi connectivity index (χ4v) is 4.96. The Balaban J connectivity index is 1.36. The molecule has 1 amide bonds. The number of hydrogen-bond donors (Lipinski definition) is 2. The van der Waals surface area contributed by atoms with E-state index >= 15 is 0 Å². The molecule has 4 rings (SSSR count). The fraction of sp³-hybridized carbons (Fsp3) is 0.484. The second kappa shape index (κ2) is 12.1. The van der Waals surface area contributed by atoms with Gasteiger partial charge in [0.25, 0.3) is 0 Å². The summed E-state index contributed by atoms with van der Waals surface area (Å²) >= 11 is 0. The highest BCUT2D eigenvalue weighted by atomic mass is 16.1. The first-order valence-electron chi connectivity index (χ1n) is 13.6. The summed E-state index contributed by atoms with van der Waals surface area (Å²) < 4.78 is 1.99. The number of rotatable bonds is 9. The zero-order chi connectivity index (χ0) is 26.4. The predicted octanol–water partition coefficient (Wildman–Crippen LogP) is 4.50. The third-order valence-corrected chi connectivity index (χ3v) is 7.04. The molecule has 1 aromatic heterocycles. The molecule has 1 atom stereocenters. The Hall–Kier alpha value is -2.96. The number of benzene rings is 2. The average molecular weight is 502 g/mol. The van der Waals surface area contributed by atoms with Gasteiger partial charge in [-0.2, -0.15) is 5.10 Å². The summed E-state index contributed by atoms with van der Waals surface area (Å²) in [7, 11) is 0. The summed E-state index contributed by atoms with van der Waals surface area (Å²) in [6, 6.07) is 21.6. The maximum absolute atomic E-state index is 12.9. The van der Waals surface area contributed by atoms with Gasteiger partial charge in [0.2, 0.25) is 5.91 Å². The van der Waals surface area contributed by atoms with E-state index in [0.717, 1.165) is 49.6 Å². The van der Waals surface area contributed by atoms with Gasteiger partial charge in [0.15, 0.2) is 0 Å². The highest BCUT2D eigenvalue weighted by Gasteiger charge is 2.23. The summed E-state index contributed by atoms with van der Waals surface area (Å²) in [6.45, 7) is 14.5. The van der Waals surface area contributed by atoms with Crippen LogP contribution in [0.3, 0.4) is 0 Å². The molecule has 2 heterocycles. The quantitative estimate of drug-likeness (QED) is 0.453. The minimum absolute atomic E-state index is 0.0145. The highest BCUT2D eigenvalue weighted by molar-refractivity contribution is 5.78. The summed E-state index contributed by atoms with van der Waals surface area (Å²) in [5.74, 6) is 0.524. The summed E-state index contributed by atoms with van der Waals surface area (Å²) in [5, 5.41) is 11.5. The lowest BCUT2D eigenvalue weighted by molar-refractivity contribution is -0.121. The standard InChI is InChI=1S/C31H43N5O/c1-23(2)17-28-19-26(34-36(28)27-9-7-6-8-10-27)20-30(37)33-22-35-16-15-32-21-29(35)18-24-11-13-25(14-12-24)31(3,4)5/h6-14,19,23,29,32H,15-18,20-22H2,1-5H3,(H,33,37). The fourth-order valence-electron chi connectivity index (χ4n) is 4.96. The van der Waals surface area contributed by atoms with Gasteiger partial charge in [0, 0.05) is 31.4 Å². The summed E-state index contributed by atoms with van der Waals surface area (Å²) in [4.78, 5) is 15.3. The Morgan fingerprint density at radius 2 is 1.84 bits per heavy atom. The Morgan fingerprint density at radius 1 is 1.11 bits per heavy atom. The third-order valence-electron chi connectivity index (χ3n) is 7.04. The molecule has 0 bridgehead atoms. The van der Waals surface area contributed by atoms with Crippen LogP contribution in [0.2, 0.25) is 0 Å². The van der Waals surface area contributed by atoms with Crippen LogP contribution < -0.4 is 10.6 Å². The minimum Gasteiger partial charge on any atom is -0.343 e. The zero-order valence-corrected chi connectivity index (χ0v) is 23.1. The van der Waals surface area contributed by atoms with Crippen LogP contribution >= 0.6 is 0 Å². The molecule has 0 radical (unpaired) electrons. The van der Waals surface area contributed by atoms with Gasteiger partial charge in [0.05, 0.1) is 24.5 Å². The van der Waals surface area contributed by atoms with Gasteiger partial charge in [-0.1, -0.05) is 77.1 Å². The number of hydrogen-bond acceptors (Lipinski definition) is 4. The summed E-state index contributed by atoms with van der Waals surface area (Å²) in [6.07, 6.45) is 2.17. The maximum atomic E-state index is 12.9. The molecule has 1 aliphatic heterocycles. The van der Waals surface area contributed by atoms with E-state index in [1.54, 1.807) is 0 Å². The van der Waals surface area contributed by atoms with Gasteiger partial charge >= 0.3 is 0 Å². The number of piperazine rings is 1. The monoisotopic (exact) mass is 501 g/mol. The van der Waals surface area contributed by atoms with E-state index in [1.807, 2.05) is 22.9 Å². The van der Waals surface area contributed by atoms with Gasteiger partial charge < -0.3 is 10.6 Å². The first-order chi connectivity index (χ1) is 17.7. The van der Waals surface area contributed by atoms with Gasteiger partial charge in [-0.05, 0) is 53.5 Å². The second-order valence-corrected chi connectivity index (χ2v) is 11.7. The Kier molecular flexibility index (Phi) is 8.83. The molecular weight excluding hydrogens is 458 g/mol. The number of para-hydroxylation sites is 1. The molecule has 2 N–H and O–H groups in total. The Morgan fingerprint density at radius 3 is 2.51 bits per heavy atom. The van der Waals surface area contributed by atoms with Gasteiger partial charge in [-0.15, -0.1) is 0 Å². The van der Waals surface area contributed by atoms with Crippen LogP contribution in [0.25, 0.3) is 5.69 Å². The van der Waals surface area contributed by atoms with Crippen molar-refractivity contribution in [1.82, 2.24) is 25.3 Å². The minimum atomic E-state index is 0.0145. The van der Waals surface area contributed by atoms with Crippen molar-refractivity contribution in [2.24, 2.45) is 5.92 Å². The van der Waals surface area contributed by atoms with E-state index in [2.05, 4.69) is 92.6 Å². The van der Waals surface area contributed by atoms with Crippen LogP contribution in [-0.2, 0) is 29.5 Å². The zero-order valence-electron chi connectivity index (χ0n) is 23.1. The number of aromatic nitrogens is 2. The van der Waals surface area contributed by atoms with Crippen molar-refractivity contribution >= 4 is 5.91 Å². The van der Waals surface area contributed by atoms with Crippen LogP contribution in [0.1, 0.15) is 57.1 Å². The number of carbonyl (C=O) groups is 1. The lowest BCUT2D eigenvalue weighted by atomic mass is 9.86. The number of nitrogens with zero attached hydrogens (tertiary/aromatic N) is 3. The lowest BCUT2D eigenvalue weighted by Crippen LogP contribution is -2.55. The molecule has 1 unspecified atom stereocenters. The maximum Gasteiger partial charge on any atom is 0.227 e. The van der Waals surface area contributed by atoms with E-state index in [9.17, 15) is 4.79 Å². The van der Waals surface area contributed by atoms with Crippen LogP contribution in [0.5, 0.6) is 0 Å². The molecule has 3 aromatic rings. The molecule has 0 saturated carbocycles. The van der Waals surface area contributed by atoms with E-state index in [1.165, 1.54) is 11.1 Å². The summed E-state index contributed by atoms with van der Waals surface area (Å²) in [5.41, 5.74) is 5.84. The van der Waals surface area contributed by atoms with Crippen LogP contribution in [0.4, 0.5) is 0 Å². The van der Waals surface area contributed by atoms with Gasteiger partial charge in [-0.25, -0.2) is 4.68 Å². The third kappa shape index (κ3) is 7.53. The molecule has 37 heavy (non-hydrogen) atoms. The second-order valence-electron chi connectivity index (χ2n) is 11.7. The molecule has 6 heteroatoms. The van der Waals surface area contributed by atoms with Crippen LogP contribution in [0.15, 0.2) is 60.7 Å². The SMILES string of the molecule is CC(C)Cc1cc(CC(=O)NCN2CCNCC2Cc2ccc(C(C)(C)C)cc2)nn1-c1ccccc1. The van der Waals surface area contributed by atoms with Gasteiger partial charge in [0.1, 0.15) is 0 Å². The van der Waals surface area contributed by atoms with Crippen molar-refractivity contribution in [2.45, 2.75) is 65.3 Å². The van der Waals surface area contributed by atoms with E-state index in [0.29, 0.717) is 18.6 Å². The molecule has 6 nitrogen and oxygen atoms in total. The first kappa shape index (κ1) is 27.1. The van der Waals surface area contributed by atoms with E-state index < -0.39 is 0 Å². The number of amides is 1. The molecular formula is C31H43N5O. The van der Waals surface area contributed by atoms with Crippen molar-refractivity contribution in [3.8, 4) is 5.69 Å². The molecule has 0 aliphatic carbocycles. The smallest absolute Gasteiger partial charge is 0.227 e. The van der Waals surface area contributed by atoms with E-state index in [-0.39, 0.29) is 17.7 Å². The van der Waals surface area contributed by atoms with Crippen LogP contribution in [0, 0.1) is 5.92 Å². The van der Waals surface area contributed by atoms with Crippen LogP contribution in [-0.4, -0.2) is 52.9 Å². The van der Waals surface area contributed by atoms with Crippen molar-refractivity contribution in [2.75, 3.05) is 26.3 Å². The normalized spacial score (nSPS) is 16.8.